The molecule has 2 bridgehead atoms. The molecule has 4 atom stereocenters. The molecule has 7 heteroatoms. The fourth-order valence-electron chi connectivity index (χ4n) is 4.94. The van der Waals surface area contributed by atoms with Gasteiger partial charge in [-0.1, -0.05) is 19.4 Å². The van der Waals surface area contributed by atoms with Gasteiger partial charge in [-0.25, -0.2) is 0 Å². The highest BCUT2D eigenvalue weighted by molar-refractivity contribution is 5.57. The molecule has 0 spiro atoms. The van der Waals surface area contributed by atoms with Crippen LogP contribution in [0.15, 0.2) is 12.1 Å². The molecular weight excluding hydrogens is 374 g/mol. The second kappa shape index (κ2) is 10.1. The molecule has 1 aliphatic heterocycles. The van der Waals surface area contributed by atoms with Gasteiger partial charge in [0.15, 0.2) is 18.3 Å². The maximum Gasteiger partial charge on any atom is 0.189 e. The van der Waals surface area contributed by atoms with E-state index in [-0.39, 0.29) is 12.8 Å². The van der Waals surface area contributed by atoms with E-state index >= 15 is 0 Å². The zero-order valence-corrected chi connectivity index (χ0v) is 17.8. The van der Waals surface area contributed by atoms with Crippen LogP contribution in [0.4, 0.5) is 0 Å². The molecule has 3 N–H and O–H groups in total. The van der Waals surface area contributed by atoms with Gasteiger partial charge in [-0.15, -0.1) is 0 Å². The van der Waals surface area contributed by atoms with Crippen LogP contribution in [0.1, 0.15) is 43.7 Å². The van der Waals surface area contributed by atoms with E-state index in [1.807, 2.05) is 6.07 Å². The zero-order valence-electron chi connectivity index (χ0n) is 17.8. The van der Waals surface area contributed by atoms with Gasteiger partial charge in [0.25, 0.3) is 0 Å². The summed E-state index contributed by atoms with van der Waals surface area (Å²) >= 11 is 0. The van der Waals surface area contributed by atoms with Crippen molar-refractivity contribution in [3.8, 4) is 11.5 Å². The molecule has 1 aliphatic carbocycles. The first-order valence-corrected chi connectivity index (χ1v) is 10.6. The van der Waals surface area contributed by atoms with E-state index in [4.69, 9.17) is 18.9 Å². The van der Waals surface area contributed by atoms with Crippen LogP contribution in [-0.2, 0) is 21.3 Å². The van der Waals surface area contributed by atoms with Crippen molar-refractivity contribution in [1.82, 2.24) is 5.32 Å². The van der Waals surface area contributed by atoms with E-state index in [0.717, 1.165) is 36.9 Å². The number of piperidine rings is 1. The zero-order chi connectivity index (χ0) is 20.9. The smallest absolute Gasteiger partial charge is 0.189 e. The third kappa shape index (κ3) is 4.54. The maximum absolute atomic E-state index is 11.3. The minimum Gasteiger partial charge on any atom is -0.493 e. The van der Waals surface area contributed by atoms with Crippen molar-refractivity contribution < 1.29 is 29.2 Å². The van der Waals surface area contributed by atoms with Gasteiger partial charge < -0.3 is 34.5 Å². The van der Waals surface area contributed by atoms with Gasteiger partial charge in [0, 0.05) is 24.1 Å². The van der Waals surface area contributed by atoms with Crippen LogP contribution in [0.25, 0.3) is 0 Å². The van der Waals surface area contributed by atoms with Crippen LogP contribution in [0.2, 0.25) is 0 Å². The topological polar surface area (TPSA) is 89.4 Å². The summed E-state index contributed by atoms with van der Waals surface area (Å²) in [6.07, 6.45) is 2.54. The molecule has 7 nitrogen and oxygen atoms in total. The molecule has 1 fully saturated rings. The second-order valence-electron chi connectivity index (χ2n) is 8.06. The highest BCUT2D eigenvalue weighted by Crippen LogP contribution is 2.52. The summed E-state index contributed by atoms with van der Waals surface area (Å²) in [6.45, 7) is 3.91. The lowest BCUT2D eigenvalue weighted by Gasteiger charge is -2.52. The van der Waals surface area contributed by atoms with E-state index in [9.17, 15) is 10.2 Å². The molecular formula is C22H35NO6. The van der Waals surface area contributed by atoms with Crippen molar-refractivity contribution in [1.29, 1.82) is 0 Å². The molecule has 1 aromatic carbocycles. The summed E-state index contributed by atoms with van der Waals surface area (Å²) in [5.41, 5.74) is 1.56. The van der Waals surface area contributed by atoms with Gasteiger partial charge in [0.1, 0.15) is 0 Å². The van der Waals surface area contributed by atoms with Gasteiger partial charge in [0.05, 0.1) is 32.5 Å². The van der Waals surface area contributed by atoms with Gasteiger partial charge in [0.2, 0.25) is 0 Å². The number of ether oxygens (including phenoxy) is 4. The van der Waals surface area contributed by atoms with Crippen molar-refractivity contribution in [3.63, 3.8) is 0 Å². The maximum atomic E-state index is 11.3. The van der Waals surface area contributed by atoms with Gasteiger partial charge in [-0.3, -0.25) is 0 Å². The second-order valence-corrected chi connectivity index (χ2v) is 8.06. The molecule has 1 unspecified atom stereocenters. The third-order valence-corrected chi connectivity index (χ3v) is 6.23. The number of hydrogen-bond donors (Lipinski definition) is 3. The molecule has 1 aromatic rings. The minimum absolute atomic E-state index is 0.0149. The Kier molecular flexibility index (Phi) is 7.76. The Bertz CT molecular complexity index is 669. The number of aliphatic hydroxyl groups excluding tert-OH is 2. The Morgan fingerprint density at radius 3 is 2.83 bits per heavy atom. The summed E-state index contributed by atoms with van der Waals surface area (Å²) in [7, 11) is 3.25. The van der Waals surface area contributed by atoms with Crippen molar-refractivity contribution in [2.75, 3.05) is 40.8 Å². The fourth-order valence-corrected chi connectivity index (χ4v) is 4.94. The average Bonchev–Trinajstić information content (AvgIpc) is 2.70. The number of rotatable bonds is 11. The SMILES string of the molecule is CCC[C@H](O)C[C@]12CCNC(Cc3ccc(OCOCCOC)c(OC)c31)[C@H]2O. The first-order chi connectivity index (χ1) is 14.1. The standard InChI is InChI=1S/C22H35NO6/c1-4-5-16(24)13-22-8-9-23-17(21(22)25)12-15-6-7-18(20(27-3)19(15)22)29-14-28-11-10-26-2/h6-7,16-17,21,23-25H,4-5,8-14H2,1-3H3/t16-,17?,21+,22+/m0/s1. The number of methoxy groups -OCH3 is 2. The molecule has 0 saturated carbocycles. The molecule has 0 aromatic heterocycles. The quantitative estimate of drug-likeness (QED) is 0.379. The number of nitrogens with one attached hydrogen (secondary N) is 1. The fraction of sp³-hybridized carbons (Fsp3) is 0.727. The molecule has 164 valence electrons. The van der Waals surface area contributed by atoms with E-state index in [1.54, 1.807) is 14.2 Å². The van der Waals surface area contributed by atoms with Gasteiger partial charge in [-0.2, -0.15) is 0 Å². The van der Waals surface area contributed by atoms with E-state index in [1.165, 1.54) is 0 Å². The lowest BCUT2D eigenvalue weighted by molar-refractivity contribution is -0.0237. The van der Waals surface area contributed by atoms with Crippen LogP contribution in [0.3, 0.4) is 0 Å². The van der Waals surface area contributed by atoms with Crippen molar-refractivity contribution >= 4 is 0 Å². The van der Waals surface area contributed by atoms with Gasteiger partial charge >= 0.3 is 0 Å². The molecule has 1 heterocycles. The summed E-state index contributed by atoms with van der Waals surface area (Å²) in [6, 6.07) is 3.94. The van der Waals surface area contributed by atoms with E-state index < -0.39 is 17.6 Å². The molecule has 2 aliphatic rings. The lowest BCUT2D eigenvalue weighted by atomic mass is 9.59. The third-order valence-electron chi connectivity index (χ3n) is 6.23. The highest BCUT2D eigenvalue weighted by atomic mass is 16.7. The molecule has 1 saturated heterocycles. The van der Waals surface area contributed by atoms with Crippen LogP contribution >= 0.6 is 0 Å². The Morgan fingerprint density at radius 1 is 1.28 bits per heavy atom. The normalized spacial score (nSPS) is 26.7. The molecule has 0 radical (unpaired) electrons. The highest BCUT2D eigenvalue weighted by Gasteiger charge is 2.52. The summed E-state index contributed by atoms with van der Waals surface area (Å²) < 4.78 is 22.1. The minimum atomic E-state index is -0.586. The lowest BCUT2D eigenvalue weighted by Crippen LogP contribution is -2.62. The van der Waals surface area contributed by atoms with Crippen LogP contribution < -0.4 is 14.8 Å². The van der Waals surface area contributed by atoms with E-state index in [2.05, 4.69) is 18.3 Å². The first-order valence-electron chi connectivity index (χ1n) is 10.6. The van der Waals surface area contributed by atoms with Crippen molar-refractivity contribution in [2.45, 2.75) is 62.7 Å². The Balaban J connectivity index is 1.94. The monoisotopic (exact) mass is 409 g/mol. The Hall–Kier alpha value is -1.38. The van der Waals surface area contributed by atoms with Crippen molar-refractivity contribution in [2.24, 2.45) is 0 Å². The Morgan fingerprint density at radius 2 is 2.10 bits per heavy atom. The van der Waals surface area contributed by atoms with Crippen LogP contribution in [0.5, 0.6) is 11.5 Å². The average molecular weight is 410 g/mol. The molecule has 0 amide bonds. The summed E-state index contributed by atoms with van der Waals surface area (Å²) in [4.78, 5) is 0. The van der Waals surface area contributed by atoms with E-state index in [0.29, 0.717) is 37.6 Å². The molecule has 3 rings (SSSR count). The van der Waals surface area contributed by atoms with Gasteiger partial charge in [-0.05, 0) is 43.9 Å². The number of fused-ring (bicyclic) bond motifs is 4. The predicted molar refractivity (Wildman–Crippen MR) is 110 cm³/mol. The van der Waals surface area contributed by atoms with Crippen molar-refractivity contribution in [3.05, 3.63) is 23.3 Å². The first kappa shape index (κ1) is 22.3. The number of benzene rings is 1. The predicted octanol–water partition coefficient (Wildman–Crippen LogP) is 1.76. The van der Waals surface area contributed by atoms with Crippen LogP contribution in [0, 0.1) is 0 Å². The number of aliphatic hydroxyl groups is 2. The van der Waals surface area contributed by atoms with Crippen LogP contribution in [-0.4, -0.2) is 69.2 Å². The largest absolute Gasteiger partial charge is 0.493 e. The number of hydrogen-bond acceptors (Lipinski definition) is 7. The summed E-state index contributed by atoms with van der Waals surface area (Å²) in [5, 5.41) is 25.4. The molecule has 29 heavy (non-hydrogen) atoms. The summed E-state index contributed by atoms with van der Waals surface area (Å²) in [5.74, 6) is 1.23. The Labute approximate surface area is 173 Å².